The van der Waals surface area contributed by atoms with E-state index in [1.165, 1.54) is 18.4 Å². The maximum atomic E-state index is 12.4. The molecular weight excluding hydrogens is 250 g/mol. The van der Waals surface area contributed by atoms with Crippen molar-refractivity contribution in [1.29, 1.82) is 0 Å². The number of piperazine rings is 1. The van der Waals surface area contributed by atoms with Gasteiger partial charge in [-0.25, -0.2) is 0 Å². The zero-order chi connectivity index (χ0) is 14.5. The summed E-state index contributed by atoms with van der Waals surface area (Å²) in [6.45, 7) is 13.5. The fourth-order valence-electron chi connectivity index (χ4n) is 3.00. The molecule has 114 valence electrons. The summed E-state index contributed by atoms with van der Waals surface area (Å²) >= 11 is 0. The van der Waals surface area contributed by atoms with Crippen molar-refractivity contribution in [3.05, 3.63) is 11.6 Å². The van der Waals surface area contributed by atoms with Crippen molar-refractivity contribution in [2.75, 3.05) is 45.8 Å². The van der Waals surface area contributed by atoms with Gasteiger partial charge in [-0.1, -0.05) is 11.6 Å². The number of carbonyl (C=O) groups excluding carboxylic acids is 1. The van der Waals surface area contributed by atoms with Crippen molar-refractivity contribution in [2.45, 2.75) is 39.7 Å². The van der Waals surface area contributed by atoms with Gasteiger partial charge in [0.15, 0.2) is 0 Å². The summed E-state index contributed by atoms with van der Waals surface area (Å²) in [5, 5.41) is 0. The number of rotatable bonds is 4. The minimum Gasteiger partial charge on any atom is -0.341 e. The van der Waals surface area contributed by atoms with Gasteiger partial charge < -0.3 is 4.90 Å². The van der Waals surface area contributed by atoms with Gasteiger partial charge in [0.05, 0.1) is 6.04 Å². The molecule has 1 atom stereocenters. The summed E-state index contributed by atoms with van der Waals surface area (Å²) in [4.78, 5) is 19.3. The monoisotopic (exact) mass is 279 g/mol. The molecule has 0 saturated carbocycles. The van der Waals surface area contributed by atoms with E-state index < -0.39 is 0 Å². The molecule has 2 fully saturated rings. The van der Waals surface area contributed by atoms with Gasteiger partial charge >= 0.3 is 0 Å². The largest absolute Gasteiger partial charge is 0.341 e. The molecule has 2 heterocycles. The van der Waals surface area contributed by atoms with Crippen LogP contribution in [-0.2, 0) is 4.79 Å². The summed E-state index contributed by atoms with van der Waals surface area (Å²) in [5.74, 6) is 0.334. The van der Waals surface area contributed by atoms with Crippen LogP contribution in [0, 0.1) is 0 Å². The van der Waals surface area contributed by atoms with E-state index in [2.05, 4.69) is 36.6 Å². The van der Waals surface area contributed by atoms with Crippen molar-refractivity contribution >= 4 is 5.91 Å². The van der Waals surface area contributed by atoms with E-state index in [0.717, 1.165) is 45.8 Å². The first-order valence-corrected chi connectivity index (χ1v) is 7.96. The summed E-state index contributed by atoms with van der Waals surface area (Å²) in [5.41, 5.74) is 1.38. The van der Waals surface area contributed by atoms with Crippen LogP contribution in [-0.4, -0.2) is 72.5 Å². The van der Waals surface area contributed by atoms with Crippen LogP contribution in [0.15, 0.2) is 11.6 Å². The molecule has 2 aliphatic rings. The Hall–Kier alpha value is -0.870. The van der Waals surface area contributed by atoms with Crippen LogP contribution in [0.1, 0.15) is 33.6 Å². The van der Waals surface area contributed by atoms with E-state index in [0.29, 0.717) is 5.91 Å². The van der Waals surface area contributed by atoms with Crippen molar-refractivity contribution < 1.29 is 4.79 Å². The first-order valence-electron chi connectivity index (χ1n) is 7.96. The highest BCUT2D eigenvalue weighted by molar-refractivity contribution is 5.81. The van der Waals surface area contributed by atoms with Gasteiger partial charge in [-0.05, 0) is 33.6 Å². The third-order valence-corrected chi connectivity index (χ3v) is 4.49. The molecule has 0 bridgehead atoms. The van der Waals surface area contributed by atoms with Gasteiger partial charge in [0.1, 0.15) is 0 Å². The lowest BCUT2D eigenvalue weighted by Gasteiger charge is -2.38. The number of hydrogen-bond acceptors (Lipinski definition) is 3. The number of nitrogens with zero attached hydrogens (tertiary/aromatic N) is 3. The summed E-state index contributed by atoms with van der Waals surface area (Å²) < 4.78 is 0. The minimum atomic E-state index is 0.0544. The predicted octanol–water partition coefficient (Wildman–Crippen LogP) is 1.58. The second kappa shape index (κ2) is 7.23. The molecule has 2 aliphatic heterocycles. The molecule has 20 heavy (non-hydrogen) atoms. The predicted molar refractivity (Wildman–Crippen MR) is 82.7 cm³/mol. The highest BCUT2D eigenvalue weighted by Gasteiger charge is 2.29. The molecule has 0 aromatic heterocycles. The van der Waals surface area contributed by atoms with Gasteiger partial charge in [-0.15, -0.1) is 0 Å². The third-order valence-electron chi connectivity index (χ3n) is 4.49. The first kappa shape index (κ1) is 15.5. The van der Waals surface area contributed by atoms with E-state index in [1.807, 2.05) is 4.90 Å². The number of likely N-dealkylation sites (tertiary alicyclic amines) is 1. The molecular formula is C16H29N3O. The number of allylic oxidation sites excluding steroid dienone is 1. The fraction of sp³-hybridized carbons (Fsp3) is 0.812. The summed E-state index contributed by atoms with van der Waals surface area (Å²) in [7, 11) is 0. The van der Waals surface area contributed by atoms with E-state index in [-0.39, 0.29) is 6.04 Å². The molecule has 0 aliphatic carbocycles. The van der Waals surface area contributed by atoms with Crippen LogP contribution in [0.2, 0.25) is 0 Å². The molecule has 0 radical (unpaired) electrons. The lowest BCUT2D eigenvalue weighted by Crippen LogP contribution is -2.54. The van der Waals surface area contributed by atoms with Gasteiger partial charge in [0.2, 0.25) is 5.91 Å². The summed E-state index contributed by atoms with van der Waals surface area (Å²) in [6.07, 6.45) is 4.64. The van der Waals surface area contributed by atoms with Gasteiger partial charge in [-0.3, -0.25) is 14.6 Å². The summed E-state index contributed by atoms with van der Waals surface area (Å²) in [6, 6.07) is 0.0544. The maximum Gasteiger partial charge on any atom is 0.239 e. The highest BCUT2D eigenvalue weighted by atomic mass is 16.2. The standard InChI is InChI=1S/C16H29N3O/c1-14(2)6-9-17-10-12-18(13-11-17)15(3)16(20)19-7-4-5-8-19/h6,15H,4-5,7-13H2,1-3H3/t15-/m0/s1. The van der Waals surface area contributed by atoms with Crippen molar-refractivity contribution in [3.63, 3.8) is 0 Å². The first-order chi connectivity index (χ1) is 9.58. The molecule has 0 aromatic carbocycles. The maximum absolute atomic E-state index is 12.4. The van der Waals surface area contributed by atoms with Crippen LogP contribution in [0.25, 0.3) is 0 Å². The zero-order valence-electron chi connectivity index (χ0n) is 13.3. The van der Waals surface area contributed by atoms with E-state index in [4.69, 9.17) is 0 Å². The van der Waals surface area contributed by atoms with E-state index in [1.54, 1.807) is 0 Å². The molecule has 0 unspecified atom stereocenters. The van der Waals surface area contributed by atoms with Crippen LogP contribution >= 0.6 is 0 Å². The zero-order valence-corrected chi connectivity index (χ0v) is 13.3. The molecule has 4 heteroatoms. The highest BCUT2D eigenvalue weighted by Crippen LogP contribution is 2.13. The number of carbonyl (C=O) groups is 1. The molecule has 2 rings (SSSR count). The third kappa shape index (κ3) is 4.06. The van der Waals surface area contributed by atoms with E-state index in [9.17, 15) is 4.79 Å². The fourth-order valence-corrected chi connectivity index (χ4v) is 3.00. The molecule has 0 aromatic rings. The SMILES string of the molecule is CC(C)=CCN1CCN([C@@H](C)C(=O)N2CCCC2)CC1. The quantitative estimate of drug-likeness (QED) is 0.731. The average molecular weight is 279 g/mol. The second-order valence-corrected chi connectivity index (χ2v) is 6.33. The second-order valence-electron chi connectivity index (χ2n) is 6.33. The van der Waals surface area contributed by atoms with Crippen LogP contribution in [0.5, 0.6) is 0 Å². The lowest BCUT2D eigenvalue weighted by atomic mass is 10.2. The van der Waals surface area contributed by atoms with Gasteiger partial charge in [0, 0.05) is 45.8 Å². The minimum absolute atomic E-state index is 0.0544. The Morgan fingerprint density at radius 1 is 1.05 bits per heavy atom. The average Bonchev–Trinajstić information content (AvgIpc) is 2.98. The Bertz CT molecular complexity index is 349. The van der Waals surface area contributed by atoms with Crippen LogP contribution in [0.3, 0.4) is 0 Å². The number of amides is 1. The normalized spacial score (nSPS) is 22.9. The van der Waals surface area contributed by atoms with Crippen LogP contribution in [0.4, 0.5) is 0 Å². The molecule has 0 N–H and O–H groups in total. The lowest BCUT2D eigenvalue weighted by molar-refractivity contribution is -0.136. The van der Waals surface area contributed by atoms with Crippen LogP contribution < -0.4 is 0 Å². The van der Waals surface area contributed by atoms with Crippen molar-refractivity contribution in [2.24, 2.45) is 0 Å². The van der Waals surface area contributed by atoms with Gasteiger partial charge in [-0.2, -0.15) is 0 Å². The smallest absolute Gasteiger partial charge is 0.239 e. The van der Waals surface area contributed by atoms with E-state index >= 15 is 0 Å². The molecule has 4 nitrogen and oxygen atoms in total. The van der Waals surface area contributed by atoms with Crippen molar-refractivity contribution in [3.8, 4) is 0 Å². The Morgan fingerprint density at radius 3 is 2.20 bits per heavy atom. The number of hydrogen-bond donors (Lipinski definition) is 0. The Labute approximate surface area is 123 Å². The van der Waals surface area contributed by atoms with Crippen molar-refractivity contribution in [1.82, 2.24) is 14.7 Å². The Morgan fingerprint density at radius 2 is 1.65 bits per heavy atom. The molecule has 2 saturated heterocycles. The van der Waals surface area contributed by atoms with Gasteiger partial charge in [0.25, 0.3) is 0 Å². The molecule has 0 spiro atoms. The molecule has 1 amide bonds. The Balaban J connectivity index is 1.77. The Kier molecular flexibility index (Phi) is 5.61. The topological polar surface area (TPSA) is 26.8 Å².